The number of benzene rings is 3. The van der Waals surface area contributed by atoms with Gasteiger partial charge >= 0.3 is 6.18 Å². The lowest BCUT2D eigenvalue weighted by Gasteiger charge is -2.29. The number of nitrogens with one attached hydrogen (secondary N) is 2. The van der Waals surface area contributed by atoms with Crippen molar-refractivity contribution in [3.05, 3.63) is 82.9 Å². The average Bonchev–Trinajstić information content (AvgIpc) is 3.30. The van der Waals surface area contributed by atoms with Crippen LogP contribution < -0.4 is 10.0 Å². The number of anilines is 1. The number of imidazole rings is 1. The van der Waals surface area contributed by atoms with Gasteiger partial charge in [0.2, 0.25) is 5.91 Å². The zero-order valence-corrected chi connectivity index (χ0v) is 25.7. The van der Waals surface area contributed by atoms with Crippen LogP contribution in [0.4, 0.5) is 23.2 Å². The van der Waals surface area contributed by atoms with Crippen LogP contribution in [0.3, 0.4) is 0 Å². The summed E-state index contributed by atoms with van der Waals surface area (Å²) in [4.78, 5) is 25.9. The van der Waals surface area contributed by atoms with Gasteiger partial charge in [-0.1, -0.05) is 37.4 Å². The molecule has 2 unspecified atom stereocenters. The van der Waals surface area contributed by atoms with E-state index in [-0.39, 0.29) is 18.1 Å². The Morgan fingerprint density at radius 3 is 2.47 bits per heavy atom. The van der Waals surface area contributed by atoms with Crippen molar-refractivity contribution in [1.29, 1.82) is 5.26 Å². The van der Waals surface area contributed by atoms with E-state index < -0.39 is 29.4 Å². The van der Waals surface area contributed by atoms with Crippen molar-refractivity contribution in [3.63, 3.8) is 0 Å². The molecule has 3 aromatic carbocycles. The Morgan fingerprint density at radius 1 is 1.16 bits per heavy atom. The van der Waals surface area contributed by atoms with Gasteiger partial charge in [0.1, 0.15) is 11.6 Å². The highest BCUT2D eigenvalue weighted by Crippen LogP contribution is 2.39. The second kappa shape index (κ2) is 15.5. The topological polar surface area (TPSA) is 120 Å². The number of hydrogen-bond donors (Lipinski definition) is 4. The van der Waals surface area contributed by atoms with E-state index in [0.717, 1.165) is 58.5 Å². The SMILES string of the molecule is CNS.Cc1nc2cc(-c3ccc(C4CCCC(C(=O)Nc5ccc(C(F)(F)F)cc5F)C4)cc3C#N)ccc2n1C.O=CO. The molecular formula is C32H33F4N5O3S. The zero-order chi connectivity index (χ0) is 33.3. The van der Waals surface area contributed by atoms with Gasteiger partial charge in [0.25, 0.3) is 6.47 Å². The molecule has 0 radical (unpaired) electrons. The van der Waals surface area contributed by atoms with Crippen LogP contribution in [0.5, 0.6) is 0 Å². The summed E-state index contributed by atoms with van der Waals surface area (Å²) >= 11 is 3.54. The fraction of sp³-hybridized carbons (Fsp3) is 0.312. The van der Waals surface area contributed by atoms with Crippen molar-refractivity contribution in [1.82, 2.24) is 14.3 Å². The molecule has 0 spiro atoms. The number of fused-ring (bicyclic) bond motifs is 1. The molecule has 1 fully saturated rings. The van der Waals surface area contributed by atoms with Crippen LogP contribution in [-0.4, -0.2) is 34.1 Å². The van der Waals surface area contributed by atoms with Crippen LogP contribution in [0.1, 0.15) is 54.1 Å². The van der Waals surface area contributed by atoms with E-state index in [2.05, 4.69) is 33.9 Å². The summed E-state index contributed by atoms with van der Waals surface area (Å²) < 4.78 is 57.2. The molecule has 5 rings (SSSR count). The van der Waals surface area contributed by atoms with E-state index in [9.17, 15) is 27.6 Å². The van der Waals surface area contributed by atoms with Crippen molar-refractivity contribution in [2.75, 3.05) is 12.4 Å². The molecule has 1 aliphatic rings. The molecule has 1 heterocycles. The fourth-order valence-electron chi connectivity index (χ4n) is 5.41. The minimum atomic E-state index is -4.66. The predicted molar refractivity (Wildman–Crippen MR) is 167 cm³/mol. The first-order chi connectivity index (χ1) is 21.4. The Labute approximate surface area is 263 Å². The van der Waals surface area contributed by atoms with Crippen molar-refractivity contribution >= 4 is 41.9 Å². The molecule has 2 atom stereocenters. The van der Waals surface area contributed by atoms with E-state index >= 15 is 0 Å². The number of nitrogens with zero attached hydrogens (tertiary/aromatic N) is 3. The third-order valence-corrected chi connectivity index (χ3v) is 7.65. The molecule has 238 valence electrons. The van der Waals surface area contributed by atoms with Gasteiger partial charge in [0.15, 0.2) is 0 Å². The summed E-state index contributed by atoms with van der Waals surface area (Å²) in [6.45, 7) is 1.69. The van der Waals surface area contributed by atoms with Crippen LogP contribution in [-0.2, 0) is 22.8 Å². The highest BCUT2D eigenvalue weighted by molar-refractivity contribution is 7.78. The molecule has 0 bridgehead atoms. The molecular weight excluding hydrogens is 610 g/mol. The molecule has 1 amide bonds. The summed E-state index contributed by atoms with van der Waals surface area (Å²) in [5.41, 5.74) is 3.65. The van der Waals surface area contributed by atoms with Crippen molar-refractivity contribution in [2.24, 2.45) is 13.0 Å². The third-order valence-electron chi connectivity index (χ3n) is 7.65. The second-order valence-corrected chi connectivity index (χ2v) is 10.9. The van der Waals surface area contributed by atoms with Gasteiger partial charge in [-0.05, 0) is 92.2 Å². The van der Waals surface area contributed by atoms with Crippen LogP contribution in [0.25, 0.3) is 22.2 Å². The smallest absolute Gasteiger partial charge is 0.416 e. The Kier molecular flexibility index (Phi) is 12.1. The minimum Gasteiger partial charge on any atom is -0.483 e. The number of carboxylic acid groups (broad SMARTS) is 1. The van der Waals surface area contributed by atoms with Crippen LogP contribution in [0, 0.1) is 30.0 Å². The van der Waals surface area contributed by atoms with E-state index in [4.69, 9.17) is 9.90 Å². The Bertz CT molecular complexity index is 1700. The average molecular weight is 644 g/mol. The van der Waals surface area contributed by atoms with Crippen LogP contribution in [0.2, 0.25) is 0 Å². The fourth-order valence-corrected chi connectivity index (χ4v) is 5.41. The second-order valence-electron chi connectivity index (χ2n) is 10.4. The Morgan fingerprint density at radius 2 is 1.84 bits per heavy atom. The standard InChI is InChI=1S/C30H26F4N4O.CH5NS.CH2O2/c1-17-36-27-14-20(7-11-28(27)38(17)2)24-9-6-19(13-22(24)16-35)18-4-3-5-21(12-18)29(39)37-26-10-8-23(15-25(26)31)30(32,33)34;1-2-3;2-1-3/h6-11,13-15,18,21H,3-5,12H2,1-2H3,(H,37,39);2-3H,1H3;1H,(H,2,3). The zero-order valence-electron chi connectivity index (χ0n) is 24.8. The van der Waals surface area contributed by atoms with Gasteiger partial charge in [0.05, 0.1) is 33.9 Å². The van der Waals surface area contributed by atoms with Gasteiger partial charge in [-0.25, -0.2) is 9.37 Å². The number of aromatic nitrogens is 2. The molecule has 13 heteroatoms. The lowest BCUT2D eigenvalue weighted by atomic mass is 9.77. The molecule has 1 aliphatic carbocycles. The molecule has 0 saturated heterocycles. The monoisotopic (exact) mass is 643 g/mol. The molecule has 3 N–H and O–H groups in total. The number of alkyl halides is 3. The van der Waals surface area contributed by atoms with Crippen molar-refractivity contribution < 1.29 is 32.3 Å². The molecule has 45 heavy (non-hydrogen) atoms. The number of halogens is 4. The maximum atomic E-state index is 14.3. The summed E-state index contributed by atoms with van der Waals surface area (Å²) in [6.07, 6.45) is -1.98. The molecule has 4 aromatic rings. The van der Waals surface area contributed by atoms with Gasteiger partial charge in [-0.15, -0.1) is 0 Å². The van der Waals surface area contributed by atoms with E-state index in [1.54, 1.807) is 7.05 Å². The van der Waals surface area contributed by atoms with Crippen molar-refractivity contribution in [3.8, 4) is 17.2 Å². The van der Waals surface area contributed by atoms with Crippen LogP contribution >= 0.6 is 12.8 Å². The van der Waals surface area contributed by atoms with E-state index in [1.807, 2.05) is 54.9 Å². The number of nitriles is 1. The summed E-state index contributed by atoms with van der Waals surface area (Å²) in [5.74, 6) is -1.05. The van der Waals surface area contributed by atoms with E-state index in [1.165, 1.54) is 0 Å². The molecule has 1 aromatic heterocycles. The molecule has 8 nitrogen and oxygen atoms in total. The number of carbonyl (C=O) groups is 2. The number of carbonyl (C=O) groups excluding carboxylic acids is 1. The minimum absolute atomic E-state index is 0.0222. The number of rotatable bonds is 4. The van der Waals surface area contributed by atoms with Gasteiger partial charge in [-0.2, -0.15) is 18.4 Å². The normalized spacial score (nSPS) is 16.0. The number of aryl methyl sites for hydroxylation is 2. The highest BCUT2D eigenvalue weighted by Gasteiger charge is 2.32. The number of amides is 1. The predicted octanol–water partition coefficient (Wildman–Crippen LogP) is 7.24. The molecule has 1 saturated carbocycles. The maximum absolute atomic E-state index is 14.3. The quantitative estimate of drug-likeness (QED) is 0.106. The number of thiol groups is 1. The summed E-state index contributed by atoms with van der Waals surface area (Å²) in [5, 5.41) is 19.3. The largest absolute Gasteiger partial charge is 0.483 e. The maximum Gasteiger partial charge on any atom is 0.416 e. The van der Waals surface area contributed by atoms with E-state index in [0.29, 0.717) is 24.5 Å². The first-order valence-electron chi connectivity index (χ1n) is 13.9. The van der Waals surface area contributed by atoms with Gasteiger partial charge < -0.3 is 15.0 Å². The first-order valence-corrected chi connectivity index (χ1v) is 14.4. The Hall–Kier alpha value is -4.41. The highest BCUT2D eigenvalue weighted by atomic mass is 32.1. The van der Waals surface area contributed by atoms with Gasteiger partial charge in [0, 0.05) is 13.0 Å². The third kappa shape index (κ3) is 8.61. The van der Waals surface area contributed by atoms with Gasteiger partial charge in [-0.3, -0.25) is 14.3 Å². The Balaban J connectivity index is 0.000000853. The molecule has 0 aliphatic heterocycles. The van der Waals surface area contributed by atoms with Crippen molar-refractivity contribution in [2.45, 2.75) is 44.7 Å². The summed E-state index contributed by atoms with van der Waals surface area (Å²) in [7, 11) is 3.70. The summed E-state index contributed by atoms with van der Waals surface area (Å²) in [6, 6.07) is 16.1. The lowest BCUT2D eigenvalue weighted by molar-refractivity contribution is -0.137. The number of hydrogen-bond acceptors (Lipinski definition) is 6. The van der Waals surface area contributed by atoms with Crippen LogP contribution in [0.15, 0.2) is 54.6 Å². The lowest BCUT2D eigenvalue weighted by Crippen LogP contribution is -2.28. The first kappa shape index (κ1) is 35.1.